The molecule has 1 aromatic carbocycles. The first-order chi connectivity index (χ1) is 12.5. The average molecular weight is 357 g/mol. The van der Waals surface area contributed by atoms with Gasteiger partial charge in [-0.15, -0.1) is 0 Å². The van der Waals surface area contributed by atoms with E-state index >= 15 is 0 Å². The molecule has 3 rings (SSSR count). The van der Waals surface area contributed by atoms with E-state index in [-0.39, 0.29) is 23.8 Å². The Balaban J connectivity index is 1.70. The van der Waals surface area contributed by atoms with Gasteiger partial charge in [-0.25, -0.2) is 0 Å². The molecule has 140 valence electrons. The number of hydrogen-bond donors (Lipinski definition) is 1. The number of likely N-dealkylation sites (tertiary alicyclic amines) is 1. The Hall–Kier alpha value is -2.34. The van der Waals surface area contributed by atoms with Crippen LogP contribution in [0.5, 0.6) is 0 Å². The van der Waals surface area contributed by atoms with Crippen molar-refractivity contribution in [3.05, 3.63) is 47.4 Å². The van der Waals surface area contributed by atoms with Crippen LogP contribution in [-0.4, -0.2) is 60.8 Å². The predicted molar refractivity (Wildman–Crippen MR) is 99.4 cm³/mol. The first-order valence-corrected chi connectivity index (χ1v) is 9.14. The molecule has 6 nitrogen and oxygen atoms in total. The van der Waals surface area contributed by atoms with Crippen LogP contribution in [-0.2, 0) is 9.53 Å². The van der Waals surface area contributed by atoms with Crippen molar-refractivity contribution in [2.24, 2.45) is 5.73 Å². The summed E-state index contributed by atoms with van der Waals surface area (Å²) in [7, 11) is 3.46. The van der Waals surface area contributed by atoms with Gasteiger partial charge < -0.3 is 20.3 Å². The summed E-state index contributed by atoms with van der Waals surface area (Å²) in [5, 5.41) is 0. The third kappa shape index (κ3) is 3.75. The van der Waals surface area contributed by atoms with Crippen LogP contribution in [0.1, 0.15) is 36.0 Å². The van der Waals surface area contributed by atoms with Gasteiger partial charge in [-0.3, -0.25) is 9.59 Å². The summed E-state index contributed by atoms with van der Waals surface area (Å²) in [5.74, 6) is 0.722. The third-order valence-corrected chi connectivity index (χ3v) is 5.38. The van der Waals surface area contributed by atoms with Gasteiger partial charge in [0.15, 0.2) is 5.78 Å². The predicted octanol–water partition coefficient (Wildman–Crippen LogP) is 1.77. The third-order valence-electron chi connectivity index (χ3n) is 5.38. The lowest BCUT2D eigenvalue weighted by Crippen LogP contribution is -2.45. The first kappa shape index (κ1) is 18.5. The zero-order chi connectivity index (χ0) is 18.7. The highest BCUT2D eigenvalue weighted by atomic mass is 16.5. The maximum absolute atomic E-state index is 13.0. The highest BCUT2D eigenvalue weighted by Crippen LogP contribution is 2.32. The van der Waals surface area contributed by atoms with Gasteiger partial charge in [0, 0.05) is 50.6 Å². The van der Waals surface area contributed by atoms with Gasteiger partial charge in [0.2, 0.25) is 0 Å². The molecule has 1 fully saturated rings. The number of piperidine rings is 1. The molecule has 2 N–H and O–H groups in total. The summed E-state index contributed by atoms with van der Waals surface area (Å²) in [5.41, 5.74) is 7.22. The summed E-state index contributed by atoms with van der Waals surface area (Å²) in [6.45, 7) is 1.34. The van der Waals surface area contributed by atoms with Crippen LogP contribution in [0.3, 0.4) is 0 Å². The summed E-state index contributed by atoms with van der Waals surface area (Å²) < 4.78 is 5.50. The molecule has 1 saturated heterocycles. The summed E-state index contributed by atoms with van der Waals surface area (Å²) >= 11 is 0. The number of benzene rings is 1. The molecule has 0 saturated carbocycles. The minimum Gasteiger partial charge on any atom is -0.499 e. The number of rotatable bonds is 5. The molecule has 1 atom stereocenters. The molecule has 0 aliphatic carbocycles. The van der Waals surface area contributed by atoms with Gasteiger partial charge in [0.05, 0.1) is 7.11 Å². The molecule has 1 unspecified atom stereocenters. The number of ketones is 1. The molecular weight excluding hydrogens is 330 g/mol. The van der Waals surface area contributed by atoms with Crippen LogP contribution in [0.4, 0.5) is 0 Å². The minimum atomic E-state index is -0.0661. The first-order valence-electron chi connectivity index (χ1n) is 9.14. The molecular formula is C20H27N3O3. The number of carbonyl (C=O) groups is 2. The van der Waals surface area contributed by atoms with E-state index in [4.69, 9.17) is 10.5 Å². The second kappa shape index (κ2) is 7.91. The second-order valence-corrected chi connectivity index (χ2v) is 7.07. The number of ether oxygens (including phenoxy) is 1. The normalized spacial score (nSPS) is 21.3. The topological polar surface area (TPSA) is 75.9 Å². The van der Waals surface area contributed by atoms with Crippen molar-refractivity contribution in [2.45, 2.75) is 37.8 Å². The van der Waals surface area contributed by atoms with Gasteiger partial charge in [0.25, 0.3) is 5.91 Å². The Bertz CT molecular complexity index is 694. The van der Waals surface area contributed by atoms with Crippen molar-refractivity contribution in [1.29, 1.82) is 0 Å². The van der Waals surface area contributed by atoms with Crippen molar-refractivity contribution in [3.63, 3.8) is 0 Å². The average Bonchev–Trinajstić information content (AvgIpc) is 2.98. The van der Waals surface area contributed by atoms with E-state index < -0.39 is 0 Å². The van der Waals surface area contributed by atoms with Crippen LogP contribution in [0.25, 0.3) is 0 Å². The Kier molecular flexibility index (Phi) is 5.61. The maximum atomic E-state index is 13.0. The van der Waals surface area contributed by atoms with Gasteiger partial charge in [0.1, 0.15) is 11.5 Å². The highest BCUT2D eigenvalue weighted by molar-refractivity contribution is 5.97. The fraction of sp³-hybridized carbons (Fsp3) is 0.500. The highest BCUT2D eigenvalue weighted by Gasteiger charge is 2.37. The Morgan fingerprint density at radius 3 is 2.46 bits per heavy atom. The van der Waals surface area contributed by atoms with E-state index in [0.29, 0.717) is 43.0 Å². The minimum absolute atomic E-state index is 0.0223. The van der Waals surface area contributed by atoms with Crippen molar-refractivity contribution in [2.75, 3.05) is 27.2 Å². The zero-order valence-electron chi connectivity index (χ0n) is 15.5. The maximum Gasteiger partial charge on any atom is 0.273 e. The van der Waals surface area contributed by atoms with Crippen molar-refractivity contribution in [1.82, 2.24) is 9.80 Å². The SMILES string of the molecule is COC1=C(C(=O)N2CCC(N)CC2)N(C)C(CC(=O)c2ccccc2)C1. The number of methoxy groups -OCH3 is 1. The molecule has 0 spiro atoms. The van der Waals surface area contributed by atoms with E-state index in [9.17, 15) is 9.59 Å². The Labute approximate surface area is 154 Å². The Morgan fingerprint density at radius 2 is 1.85 bits per heavy atom. The Morgan fingerprint density at radius 1 is 1.19 bits per heavy atom. The molecule has 1 aromatic rings. The van der Waals surface area contributed by atoms with E-state index in [1.54, 1.807) is 7.11 Å². The molecule has 2 heterocycles. The van der Waals surface area contributed by atoms with Crippen LogP contribution >= 0.6 is 0 Å². The largest absolute Gasteiger partial charge is 0.499 e. The van der Waals surface area contributed by atoms with Crippen LogP contribution in [0.15, 0.2) is 41.8 Å². The number of amides is 1. The molecule has 0 bridgehead atoms. The van der Waals surface area contributed by atoms with Gasteiger partial charge in [-0.1, -0.05) is 30.3 Å². The smallest absolute Gasteiger partial charge is 0.273 e. The number of likely N-dealkylation sites (N-methyl/N-ethyl adjacent to an activating group) is 1. The lowest BCUT2D eigenvalue weighted by molar-refractivity contribution is -0.129. The van der Waals surface area contributed by atoms with Crippen LogP contribution in [0, 0.1) is 0 Å². The fourth-order valence-corrected chi connectivity index (χ4v) is 3.69. The number of nitrogens with two attached hydrogens (primary N) is 1. The summed E-state index contributed by atoms with van der Waals surface area (Å²) in [6, 6.07) is 9.37. The van der Waals surface area contributed by atoms with Crippen molar-refractivity contribution < 1.29 is 14.3 Å². The molecule has 0 radical (unpaired) electrons. The van der Waals surface area contributed by atoms with E-state index in [2.05, 4.69) is 0 Å². The van der Waals surface area contributed by atoms with Gasteiger partial charge in [-0.2, -0.15) is 0 Å². The van der Waals surface area contributed by atoms with Gasteiger partial charge >= 0.3 is 0 Å². The fourth-order valence-electron chi connectivity index (χ4n) is 3.69. The summed E-state index contributed by atoms with van der Waals surface area (Å²) in [6.07, 6.45) is 2.57. The quantitative estimate of drug-likeness (QED) is 0.813. The molecule has 26 heavy (non-hydrogen) atoms. The van der Waals surface area contributed by atoms with E-state index in [1.165, 1.54) is 0 Å². The van der Waals surface area contributed by atoms with E-state index in [1.807, 2.05) is 47.2 Å². The lowest BCUT2D eigenvalue weighted by atomic mass is 10.0. The zero-order valence-corrected chi connectivity index (χ0v) is 15.5. The van der Waals surface area contributed by atoms with Crippen molar-refractivity contribution in [3.8, 4) is 0 Å². The number of carbonyl (C=O) groups excluding carboxylic acids is 2. The summed E-state index contributed by atoms with van der Waals surface area (Å²) in [4.78, 5) is 29.3. The molecule has 0 aromatic heterocycles. The standard InChI is InChI=1S/C20H27N3O3/c1-22-16(12-17(24)14-6-4-3-5-7-14)13-18(26-2)19(22)20(25)23-10-8-15(21)9-11-23/h3-7,15-16H,8-13,21H2,1-2H3. The second-order valence-electron chi connectivity index (χ2n) is 7.07. The van der Waals surface area contributed by atoms with Crippen LogP contribution < -0.4 is 5.73 Å². The number of hydrogen-bond acceptors (Lipinski definition) is 5. The molecule has 1 amide bonds. The molecule has 2 aliphatic heterocycles. The monoisotopic (exact) mass is 357 g/mol. The molecule has 2 aliphatic rings. The van der Waals surface area contributed by atoms with Gasteiger partial charge in [-0.05, 0) is 12.8 Å². The molecule has 6 heteroatoms. The lowest BCUT2D eigenvalue weighted by Gasteiger charge is -2.33. The van der Waals surface area contributed by atoms with Crippen LogP contribution in [0.2, 0.25) is 0 Å². The van der Waals surface area contributed by atoms with E-state index in [0.717, 1.165) is 12.8 Å². The number of Topliss-reactive ketones (excluding diaryl/α,β-unsaturated/α-hetero) is 1. The number of nitrogens with zero attached hydrogens (tertiary/aromatic N) is 2. The van der Waals surface area contributed by atoms with Crippen molar-refractivity contribution >= 4 is 11.7 Å².